The van der Waals surface area contributed by atoms with Gasteiger partial charge in [0.05, 0.1) is 6.61 Å². The Morgan fingerprint density at radius 1 is 1.65 bits per heavy atom. The molecule has 0 atom stereocenters. The molecule has 2 rings (SSSR count). The Hall–Kier alpha value is -0.975. The predicted octanol–water partition coefficient (Wildman–Crippen LogP) is 1.58. The van der Waals surface area contributed by atoms with Crippen molar-refractivity contribution in [3.05, 3.63) is 23.8 Å². The number of hydrogen-bond donors (Lipinski definition) is 2. The lowest BCUT2D eigenvalue weighted by Crippen LogP contribution is -2.28. The number of amides is 1. The fourth-order valence-electron chi connectivity index (χ4n) is 1.64. The fraction of sp³-hybridized carbons (Fsp3) is 0.364. The summed E-state index contributed by atoms with van der Waals surface area (Å²) in [4.78, 5) is 11.5. The standard InChI is InChI=1S/C11H14BNO3S/c1-2-5-17-11(14)13-9-4-3-8-7-16-12(15)10(8)6-9/h3-4,6,15H,2,5,7H2,1H3,(H,13,14). The number of hydrogen-bond acceptors (Lipinski definition) is 4. The molecule has 17 heavy (non-hydrogen) atoms. The molecule has 4 nitrogen and oxygen atoms in total. The Morgan fingerprint density at radius 3 is 3.24 bits per heavy atom. The molecule has 1 aromatic carbocycles. The first-order valence-corrected chi connectivity index (χ1v) is 6.55. The van der Waals surface area contributed by atoms with E-state index in [1.807, 2.05) is 19.1 Å². The first kappa shape index (κ1) is 12.5. The lowest BCUT2D eigenvalue weighted by Gasteiger charge is -2.06. The normalized spacial score (nSPS) is 13.6. The van der Waals surface area contributed by atoms with E-state index in [1.54, 1.807) is 6.07 Å². The fourth-order valence-corrected chi connectivity index (χ4v) is 2.22. The van der Waals surface area contributed by atoms with Crippen molar-refractivity contribution in [2.75, 3.05) is 11.1 Å². The van der Waals surface area contributed by atoms with Gasteiger partial charge in [0.2, 0.25) is 0 Å². The van der Waals surface area contributed by atoms with Crippen LogP contribution >= 0.6 is 11.8 Å². The number of nitrogens with one attached hydrogen (secondary N) is 1. The van der Waals surface area contributed by atoms with E-state index in [9.17, 15) is 9.82 Å². The Kier molecular flexibility index (Phi) is 4.09. The average Bonchev–Trinajstić information content (AvgIpc) is 2.68. The maximum atomic E-state index is 11.5. The predicted molar refractivity (Wildman–Crippen MR) is 70.6 cm³/mol. The Labute approximate surface area is 105 Å². The highest BCUT2D eigenvalue weighted by Gasteiger charge is 2.27. The number of thioether (sulfide) groups is 1. The van der Waals surface area contributed by atoms with Crippen molar-refractivity contribution in [1.82, 2.24) is 0 Å². The smallest absolute Gasteiger partial charge is 0.423 e. The van der Waals surface area contributed by atoms with E-state index in [0.717, 1.165) is 23.2 Å². The van der Waals surface area contributed by atoms with Gasteiger partial charge in [0.1, 0.15) is 0 Å². The van der Waals surface area contributed by atoms with Crippen LogP contribution < -0.4 is 10.8 Å². The van der Waals surface area contributed by atoms with E-state index in [-0.39, 0.29) is 5.24 Å². The van der Waals surface area contributed by atoms with Gasteiger partial charge in [0.25, 0.3) is 5.24 Å². The molecule has 0 spiro atoms. The minimum atomic E-state index is -0.870. The molecular formula is C11H14BNO3S. The van der Waals surface area contributed by atoms with Gasteiger partial charge in [0.15, 0.2) is 0 Å². The minimum Gasteiger partial charge on any atom is -0.423 e. The van der Waals surface area contributed by atoms with Gasteiger partial charge in [-0.25, -0.2) is 0 Å². The van der Waals surface area contributed by atoms with E-state index < -0.39 is 7.12 Å². The van der Waals surface area contributed by atoms with Crippen LogP contribution in [0.15, 0.2) is 18.2 Å². The van der Waals surface area contributed by atoms with E-state index >= 15 is 0 Å². The van der Waals surface area contributed by atoms with Gasteiger partial charge in [-0.05, 0) is 29.6 Å². The summed E-state index contributed by atoms with van der Waals surface area (Å²) in [5.41, 5.74) is 2.40. The summed E-state index contributed by atoms with van der Waals surface area (Å²) in [6, 6.07) is 5.45. The third kappa shape index (κ3) is 3.03. The van der Waals surface area contributed by atoms with Gasteiger partial charge < -0.3 is 15.0 Å². The molecule has 0 aliphatic carbocycles. The van der Waals surface area contributed by atoms with Crippen LogP contribution in [0.25, 0.3) is 0 Å². The molecule has 6 heteroatoms. The van der Waals surface area contributed by atoms with E-state index in [0.29, 0.717) is 12.3 Å². The molecule has 0 unspecified atom stereocenters. The largest absolute Gasteiger partial charge is 0.491 e. The number of anilines is 1. The van der Waals surface area contributed by atoms with Gasteiger partial charge in [-0.2, -0.15) is 0 Å². The SMILES string of the molecule is CCCSC(=O)Nc1ccc2c(c1)B(O)OC2. The van der Waals surface area contributed by atoms with E-state index in [2.05, 4.69) is 5.32 Å². The summed E-state index contributed by atoms with van der Waals surface area (Å²) in [6.07, 6.45) is 0.967. The summed E-state index contributed by atoms with van der Waals surface area (Å²) in [5, 5.41) is 12.3. The first-order chi connectivity index (χ1) is 8.20. The summed E-state index contributed by atoms with van der Waals surface area (Å²) < 4.78 is 5.09. The second-order valence-electron chi connectivity index (χ2n) is 3.84. The average molecular weight is 251 g/mol. The summed E-state index contributed by atoms with van der Waals surface area (Å²) in [5.74, 6) is 0.808. The molecule has 90 valence electrons. The Bertz CT molecular complexity index is 427. The van der Waals surface area contributed by atoms with Crippen LogP contribution in [0.3, 0.4) is 0 Å². The lowest BCUT2D eigenvalue weighted by molar-refractivity contribution is 0.269. The molecule has 0 aromatic heterocycles. The summed E-state index contributed by atoms with van der Waals surface area (Å²) in [6.45, 7) is 2.46. The lowest BCUT2D eigenvalue weighted by atomic mass is 9.79. The van der Waals surface area contributed by atoms with Crippen molar-refractivity contribution in [2.45, 2.75) is 20.0 Å². The zero-order chi connectivity index (χ0) is 12.3. The number of carbonyl (C=O) groups excluding carboxylic acids is 1. The molecule has 2 N–H and O–H groups in total. The van der Waals surface area contributed by atoms with Crippen LogP contribution in [0.1, 0.15) is 18.9 Å². The van der Waals surface area contributed by atoms with Crippen LogP contribution in [0, 0.1) is 0 Å². The summed E-state index contributed by atoms with van der Waals surface area (Å²) >= 11 is 1.26. The van der Waals surface area contributed by atoms with Crippen molar-refractivity contribution in [3.8, 4) is 0 Å². The Morgan fingerprint density at radius 2 is 2.47 bits per heavy atom. The van der Waals surface area contributed by atoms with E-state index in [4.69, 9.17) is 4.65 Å². The topological polar surface area (TPSA) is 58.6 Å². The van der Waals surface area contributed by atoms with Gasteiger partial charge in [-0.15, -0.1) is 0 Å². The molecule has 0 fully saturated rings. The molecule has 1 aromatic rings. The zero-order valence-corrected chi connectivity index (χ0v) is 10.4. The summed E-state index contributed by atoms with van der Waals surface area (Å²) in [7, 11) is -0.870. The molecule has 1 aliphatic rings. The van der Waals surface area contributed by atoms with E-state index in [1.165, 1.54) is 11.8 Å². The number of carbonyl (C=O) groups is 1. The highest BCUT2D eigenvalue weighted by atomic mass is 32.2. The van der Waals surface area contributed by atoms with Crippen molar-refractivity contribution < 1.29 is 14.5 Å². The Balaban J connectivity index is 2.03. The van der Waals surface area contributed by atoms with Crippen molar-refractivity contribution in [1.29, 1.82) is 0 Å². The van der Waals surface area contributed by atoms with Crippen molar-refractivity contribution in [2.24, 2.45) is 0 Å². The van der Waals surface area contributed by atoms with Gasteiger partial charge in [0, 0.05) is 11.4 Å². The second kappa shape index (κ2) is 5.57. The zero-order valence-electron chi connectivity index (χ0n) is 9.60. The van der Waals surface area contributed by atoms with Crippen LogP contribution in [0.2, 0.25) is 0 Å². The molecule has 1 aliphatic heterocycles. The van der Waals surface area contributed by atoms with Crippen LogP contribution in [0.5, 0.6) is 0 Å². The molecule has 0 saturated carbocycles. The monoisotopic (exact) mass is 251 g/mol. The van der Waals surface area contributed by atoms with Crippen LogP contribution in [0.4, 0.5) is 10.5 Å². The highest BCUT2D eigenvalue weighted by molar-refractivity contribution is 8.13. The maximum Gasteiger partial charge on any atom is 0.491 e. The van der Waals surface area contributed by atoms with Gasteiger partial charge in [-0.3, -0.25) is 4.79 Å². The third-order valence-electron chi connectivity index (χ3n) is 2.49. The second-order valence-corrected chi connectivity index (χ2v) is 4.91. The maximum absolute atomic E-state index is 11.5. The van der Waals surface area contributed by atoms with Crippen molar-refractivity contribution in [3.63, 3.8) is 0 Å². The molecule has 1 heterocycles. The number of rotatable bonds is 3. The van der Waals surface area contributed by atoms with Gasteiger partial charge >= 0.3 is 7.12 Å². The third-order valence-corrected chi connectivity index (χ3v) is 3.47. The first-order valence-electron chi connectivity index (χ1n) is 5.57. The van der Waals surface area contributed by atoms with Crippen LogP contribution in [-0.2, 0) is 11.3 Å². The molecule has 0 saturated heterocycles. The molecule has 0 bridgehead atoms. The van der Waals surface area contributed by atoms with Crippen molar-refractivity contribution >= 4 is 35.3 Å². The molecule has 0 radical (unpaired) electrons. The minimum absolute atomic E-state index is 0.0693. The van der Waals surface area contributed by atoms with Gasteiger partial charge in [-0.1, -0.05) is 24.8 Å². The number of benzene rings is 1. The quantitative estimate of drug-likeness (QED) is 0.801. The van der Waals surface area contributed by atoms with Crippen LogP contribution in [-0.4, -0.2) is 23.1 Å². The number of fused-ring (bicyclic) bond motifs is 1. The highest BCUT2D eigenvalue weighted by Crippen LogP contribution is 2.16. The molecule has 1 amide bonds. The molecular weight excluding hydrogens is 237 g/mol.